The molecule has 1 aliphatic carbocycles. The van der Waals surface area contributed by atoms with Crippen molar-refractivity contribution in [3.63, 3.8) is 0 Å². The minimum atomic E-state index is -0.209. The number of carbonyl (C=O) groups is 2. The molecule has 5 nitrogen and oxygen atoms in total. The van der Waals surface area contributed by atoms with Gasteiger partial charge in [-0.3, -0.25) is 4.79 Å². The van der Waals surface area contributed by atoms with Crippen LogP contribution in [0.5, 0.6) is 0 Å². The number of carbonyl (C=O) groups excluding carboxylic acids is 2. The van der Waals surface area contributed by atoms with E-state index >= 15 is 0 Å². The smallest absolute Gasteiger partial charge is 0.322 e. The summed E-state index contributed by atoms with van der Waals surface area (Å²) in [7, 11) is 0. The topological polar surface area (TPSA) is 52.7 Å². The summed E-state index contributed by atoms with van der Waals surface area (Å²) in [5, 5.41) is 2.94. The number of urea groups is 1. The van der Waals surface area contributed by atoms with Crippen molar-refractivity contribution >= 4 is 17.6 Å². The molecule has 2 fully saturated rings. The van der Waals surface area contributed by atoms with Crippen LogP contribution >= 0.6 is 0 Å². The summed E-state index contributed by atoms with van der Waals surface area (Å²) in [5.41, 5.74) is 2.90. The van der Waals surface area contributed by atoms with Crippen molar-refractivity contribution < 1.29 is 9.59 Å². The summed E-state index contributed by atoms with van der Waals surface area (Å²) in [6.45, 7) is 1.40. The number of nitrogens with one attached hydrogen (secondary N) is 1. The predicted octanol–water partition coefficient (Wildman–Crippen LogP) is 3.97. The third kappa shape index (κ3) is 3.97. The van der Waals surface area contributed by atoms with E-state index < -0.39 is 0 Å². The third-order valence-corrected chi connectivity index (χ3v) is 5.53. The number of piperazine rings is 1. The molecule has 0 unspecified atom stereocenters. The van der Waals surface area contributed by atoms with Gasteiger partial charge >= 0.3 is 6.03 Å². The molecule has 140 valence electrons. The lowest BCUT2D eigenvalue weighted by Crippen LogP contribution is -2.55. The molecule has 1 saturated carbocycles. The number of hydrogen-bond donors (Lipinski definition) is 1. The number of benzene rings is 2. The average Bonchev–Trinajstić information content (AvgIpc) is 3.23. The maximum absolute atomic E-state index is 12.6. The van der Waals surface area contributed by atoms with Gasteiger partial charge in [0.25, 0.3) is 0 Å². The van der Waals surface area contributed by atoms with Crippen LogP contribution in [0.2, 0.25) is 0 Å². The molecule has 27 heavy (non-hydrogen) atoms. The van der Waals surface area contributed by atoms with E-state index in [-0.39, 0.29) is 18.5 Å². The first-order valence-corrected chi connectivity index (χ1v) is 9.71. The van der Waals surface area contributed by atoms with Crippen molar-refractivity contribution in [3.8, 4) is 11.1 Å². The van der Waals surface area contributed by atoms with E-state index in [4.69, 9.17) is 0 Å². The fourth-order valence-corrected chi connectivity index (χ4v) is 4.07. The molecule has 5 heteroatoms. The highest BCUT2D eigenvalue weighted by molar-refractivity contribution is 5.93. The number of hydrogen-bond acceptors (Lipinski definition) is 2. The van der Waals surface area contributed by atoms with Gasteiger partial charge in [0, 0.05) is 24.8 Å². The molecule has 2 aromatic rings. The second-order valence-corrected chi connectivity index (χ2v) is 7.32. The first kappa shape index (κ1) is 17.6. The summed E-state index contributed by atoms with van der Waals surface area (Å²) >= 11 is 0. The normalized spacial score (nSPS) is 18.0. The lowest BCUT2D eigenvalue weighted by molar-refractivity contribution is -0.137. The summed E-state index contributed by atoms with van der Waals surface area (Å²) < 4.78 is 0. The molecule has 0 spiro atoms. The zero-order chi connectivity index (χ0) is 18.6. The zero-order valence-corrected chi connectivity index (χ0v) is 15.4. The first-order chi connectivity index (χ1) is 13.2. The van der Waals surface area contributed by atoms with E-state index in [9.17, 15) is 9.59 Å². The molecule has 1 N–H and O–H groups in total. The highest BCUT2D eigenvalue weighted by Gasteiger charge is 2.32. The molecule has 1 aliphatic heterocycles. The van der Waals surface area contributed by atoms with Gasteiger partial charge in [0.2, 0.25) is 5.91 Å². The number of rotatable bonds is 3. The van der Waals surface area contributed by atoms with E-state index in [0.29, 0.717) is 19.1 Å². The van der Waals surface area contributed by atoms with Gasteiger partial charge in [0.15, 0.2) is 0 Å². The molecule has 2 aromatic carbocycles. The molecule has 2 aliphatic rings. The fourth-order valence-electron chi connectivity index (χ4n) is 4.07. The molecule has 3 amide bonds. The molecule has 1 saturated heterocycles. The standard InChI is InChI=1S/C22H25N3O2/c26-21-16-24(13-14-25(21)20-11-4-5-12-20)22(27)23-19-10-6-9-18(15-19)17-7-2-1-3-8-17/h1-3,6-10,15,20H,4-5,11-14,16H2,(H,23,27). The molecule has 4 rings (SSSR count). The minimum absolute atomic E-state index is 0.0707. The van der Waals surface area contributed by atoms with Gasteiger partial charge in [-0.2, -0.15) is 0 Å². The molecule has 0 bridgehead atoms. The highest BCUT2D eigenvalue weighted by atomic mass is 16.2. The average molecular weight is 363 g/mol. The lowest BCUT2D eigenvalue weighted by atomic mass is 10.1. The first-order valence-electron chi connectivity index (χ1n) is 9.71. The Labute approximate surface area is 160 Å². The maximum atomic E-state index is 12.6. The van der Waals surface area contributed by atoms with E-state index in [1.165, 1.54) is 12.8 Å². The van der Waals surface area contributed by atoms with Gasteiger partial charge < -0.3 is 15.1 Å². The second-order valence-electron chi connectivity index (χ2n) is 7.32. The molecule has 1 heterocycles. The van der Waals surface area contributed by atoms with Crippen LogP contribution in [0.1, 0.15) is 25.7 Å². The van der Waals surface area contributed by atoms with Gasteiger partial charge in [-0.25, -0.2) is 4.79 Å². The monoisotopic (exact) mass is 363 g/mol. The van der Waals surface area contributed by atoms with Crippen molar-refractivity contribution in [1.29, 1.82) is 0 Å². The zero-order valence-electron chi connectivity index (χ0n) is 15.4. The van der Waals surface area contributed by atoms with Crippen LogP contribution in [-0.2, 0) is 4.79 Å². The fraction of sp³-hybridized carbons (Fsp3) is 0.364. The minimum Gasteiger partial charge on any atom is -0.336 e. The van der Waals surface area contributed by atoms with Crippen LogP contribution in [0.15, 0.2) is 54.6 Å². The Balaban J connectivity index is 1.39. The van der Waals surface area contributed by atoms with Gasteiger partial charge in [-0.15, -0.1) is 0 Å². The molecular formula is C22H25N3O2. The number of amides is 3. The Hall–Kier alpha value is -2.82. The van der Waals surface area contributed by atoms with Crippen molar-refractivity contribution in [3.05, 3.63) is 54.6 Å². The number of nitrogens with zero attached hydrogens (tertiary/aromatic N) is 2. The maximum Gasteiger partial charge on any atom is 0.322 e. The predicted molar refractivity (Wildman–Crippen MR) is 106 cm³/mol. The van der Waals surface area contributed by atoms with Crippen molar-refractivity contribution in [2.75, 3.05) is 25.0 Å². The van der Waals surface area contributed by atoms with E-state index in [0.717, 1.165) is 29.7 Å². The van der Waals surface area contributed by atoms with Gasteiger partial charge in [-0.05, 0) is 36.1 Å². The Morgan fingerprint density at radius 1 is 0.926 bits per heavy atom. The number of anilines is 1. The highest BCUT2D eigenvalue weighted by Crippen LogP contribution is 2.25. The quantitative estimate of drug-likeness (QED) is 0.897. The van der Waals surface area contributed by atoms with E-state index in [1.54, 1.807) is 4.90 Å². The Morgan fingerprint density at radius 2 is 1.67 bits per heavy atom. The van der Waals surface area contributed by atoms with Crippen LogP contribution in [0.3, 0.4) is 0 Å². The van der Waals surface area contributed by atoms with Gasteiger partial charge in [-0.1, -0.05) is 55.3 Å². The Kier molecular flexibility index (Phi) is 5.10. The molecule has 0 radical (unpaired) electrons. The van der Waals surface area contributed by atoms with Crippen molar-refractivity contribution in [1.82, 2.24) is 9.80 Å². The van der Waals surface area contributed by atoms with Gasteiger partial charge in [0.05, 0.1) is 0 Å². The van der Waals surface area contributed by atoms with Crippen LogP contribution in [0.4, 0.5) is 10.5 Å². The molecular weight excluding hydrogens is 338 g/mol. The molecule has 0 aromatic heterocycles. The summed E-state index contributed by atoms with van der Waals surface area (Å²) in [6, 6.07) is 18.0. The Morgan fingerprint density at radius 3 is 2.41 bits per heavy atom. The summed E-state index contributed by atoms with van der Waals surface area (Å²) in [5.74, 6) is 0.0707. The largest absolute Gasteiger partial charge is 0.336 e. The lowest BCUT2D eigenvalue weighted by Gasteiger charge is -2.37. The summed E-state index contributed by atoms with van der Waals surface area (Å²) in [6.07, 6.45) is 4.61. The van der Waals surface area contributed by atoms with Crippen LogP contribution in [0, 0.1) is 0 Å². The summed E-state index contributed by atoms with van der Waals surface area (Å²) in [4.78, 5) is 28.7. The second kappa shape index (κ2) is 7.82. The van der Waals surface area contributed by atoms with E-state index in [2.05, 4.69) is 5.32 Å². The van der Waals surface area contributed by atoms with Crippen LogP contribution < -0.4 is 5.32 Å². The molecule has 0 atom stereocenters. The third-order valence-electron chi connectivity index (χ3n) is 5.53. The van der Waals surface area contributed by atoms with Crippen molar-refractivity contribution in [2.24, 2.45) is 0 Å². The van der Waals surface area contributed by atoms with E-state index in [1.807, 2.05) is 59.5 Å². The SMILES string of the molecule is O=C(Nc1cccc(-c2ccccc2)c1)N1CCN(C2CCCC2)C(=O)C1. The Bertz CT molecular complexity index is 815. The van der Waals surface area contributed by atoms with Crippen LogP contribution in [0.25, 0.3) is 11.1 Å². The van der Waals surface area contributed by atoms with Gasteiger partial charge in [0.1, 0.15) is 6.54 Å². The van der Waals surface area contributed by atoms with Crippen molar-refractivity contribution in [2.45, 2.75) is 31.7 Å². The van der Waals surface area contributed by atoms with Crippen LogP contribution in [-0.4, -0.2) is 47.4 Å².